The Bertz CT molecular complexity index is 379. The number of pyridine rings is 1. The first-order valence-corrected chi connectivity index (χ1v) is 5.33. The van der Waals surface area contributed by atoms with Crippen LogP contribution >= 0.6 is 0 Å². The number of hydrogen-bond donors (Lipinski definition) is 2. The minimum Gasteiger partial charge on any atom is -0.378 e. The molecule has 2 rings (SSSR count). The summed E-state index contributed by atoms with van der Waals surface area (Å²) in [6.07, 6.45) is 5.30. The van der Waals surface area contributed by atoms with Gasteiger partial charge in [-0.25, -0.2) is 0 Å². The van der Waals surface area contributed by atoms with Gasteiger partial charge >= 0.3 is 5.69 Å². The number of rotatable bonds is 6. The van der Waals surface area contributed by atoms with Gasteiger partial charge in [0.15, 0.2) is 0 Å². The third-order valence-corrected chi connectivity index (χ3v) is 2.45. The number of nitro groups is 1. The monoisotopic (exact) mass is 222 g/mol. The van der Waals surface area contributed by atoms with Crippen LogP contribution in [0.2, 0.25) is 0 Å². The fourth-order valence-electron chi connectivity index (χ4n) is 1.44. The summed E-state index contributed by atoms with van der Waals surface area (Å²) in [5.74, 6) is 0. The van der Waals surface area contributed by atoms with Crippen molar-refractivity contribution in [2.45, 2.75) is 18.9 Å². The topological polar surface area (TPSA) is 80.1 Å². The Balaban J connectivity index is 1.84. The van der Waals surface area contributed by atoms with Gasteiger partial charge in [-0.3, -0.25) is 15.1 Å². The summed E-state index contributed by atoms with van der Waals surface area (Å²) < 4.78 is 0. The average Bonchev–Trinajstić information content (AvgIpc) is 3.08. The molecule has 1 aliphatic carbocycles. The molecule has 1 heterocycles. The lowest BCUT2D eigenvalue weighted by molar-refractivity contribution is -0.384. The zero-order chi connectivity index (χ0) is 11.4. The molecule has 0 spiro atoms. The second-order valence-corrected chi connectivity index (χ2v) is 3.81. The Morgan fingerprint density at radius 3 is 3.00 bits per heavy atom. The van der Waals surface area contributed by atoms with Crippen LogP contribution in [0.3, 0.4) is 0 Å². The smallest absolute Gasteiger partial charge is 0.310 e. The summed E-state index contributed by atoms with van der Waals surface area (Å²) >= 11 is 0. The first-order chi connectivity index (χ1) is 7.77. The van der Waals surface area contributed by atoms with E-state index in [1.165, 1.54) is 19.0 Å². The van der Waals surface area contributed by atoms with Crippen molar-refractivity contribution in [3.63, 3.8) is 0 Å². The van der Waals surface area contributed by atoms with E-state index in [0.717, 1.165) is 6.54 Å². The maximum atomic E-state index is 10.7. The van der Waals surface area contributed by atoms with Gasteiger partial charge in [0, 0.05) is 25.3 Å². The highest BCUT2D eigenvalue weighted by molar-refractivity contribution is 5.59. The summed E-state index contributed by atoms with van der Waals surface area (Å²) in [5, 5.41) is 17.0. The van der Waals surface area contributed by atoms with E-state index in [1.807, 2.05) is 0 Å². The van der Waals surface area contributed by atoms with E-state index in [9.17, 15) is 10.1 Å². The van der Waals surface area contributed by atoms with Crippen molar-refractivity contribution in [1.29, 1.82) is 0 Å². The molecule has 0 radical (unpaired) electrons. The molecule has 0 amide bonds. The molecule has 2 N–H and O–H groups in total. The molecule has 6 heteroatoms. The molecule has 0 aliphatic heterocycles. The third-order valence-electron chi connectivity index (χ3n) is 2.45. The summed E-state index contributed by atoms with van der Waals surface area (Å²) in [4.78, 5) is 14.0. The van der Waals surface area contributed by atoms with Crippen molar-refractivity contribution in [2.75, 3.05) is 18.4 Å². The molecule has 0 unspecified atom stereocenters. The van der Waals surface area contributed by atoms with Gasteiger partial charge in [-0.05, 0) is 18.9 Å². The Kier molecular flexibility index (Phi) is 3.31. The van der Waals surface area contributed by atoms with Crippen LogP contribution < -0.4 is 10.6 Å². The number of nitrogens with zero attached hydrogens (tertiary/aromatic N) is 2. The average molecular weight is 222 g/mol. The van der Waals surface area contributed by atoms with Gasteiger partial charge in [-0.15, -0.1) is 0 Å². The molecule has 0 atom stereocenters. The molecule has 16 heavy (non-hydrogen) atoms. The molecule has 1 aromatic rings. The number of aromatic nitrogens is 1. The van der Waals surface area contributed by atoms with Gasteiger partial charge in [0.1, 0.15) is 11.9 Å². The van der Waals surface area contributed by atoms with Crippen LogP contribution in [0.25, 0.3) is 0 Å². The molecular weight excluding hydrogens is 208 g/mol. The fourth-order valence-corrected chi connectivity index (χ4v) is 1.44. The molecule has 1 fully saturated rings. The molecule has 0 aromatic carbocycles. The third kappa shape index (κ3) is 2.90. The van der Waals surface area contributed by atoms with Crippen LogP contribution in [0.1, 0.15) is 12.8 Å². The highest BCUT2D eigenvalue weighted by atomic mass is 16.6. The van der Waals surface area contributed by atoms with Gasteiger partial charge in [0.2, 0.25) is 0 Å². The Morgan fingerprint density at radius 2 is 2.31 bits per heavy atom. The van der Waals surface area contributed by atoms with E-state index in [2.05, 4.69) is 15.6 Å². The molecular formula is C10H14N4O2. The quantitative estimate of drug-likeness (QED) is 0.429. The van der Waals surface area contributed by atoms with E-state index in [1.54, 1.807) is 12.3 Å². The highest BCUT2D eigenvalue weighted by Crippen LogP contribution is 2.21. The minimum atomic E-state index is -0.427. The van der Waals surface area contributed by atoms with Crippen LogP contribution in [-0.4, -0.2) is 29.0 Å². The lowest BCUT2D eigenvalue weighted by Gasteiger charge is -2.06. The molecule has 1 aliphatic rings. The van der Waals surface area contributed by atoms with Gasteiger partial charge in [0.05, 0.1) is 4.92 Å². The molecule has 1 saturated carbocycles. The predicted molar refractivity (Wildman–Crippen MR) is 60.4 cm³/mol. The standard InChI is InChI=1S/C10H14N4O2/c15-14(16)10-7-11-4-3-9(10)13-6-5-12-8-1-2-8/h3-4,7-8,12H,1-2,5-6H2,(H,11,13). The van der Waals surface area contributed by atoms with Gasteiger partial charge in [0.25, 0.3) is 0 Å². The van der Waals surface area contributed by atoms with E-state index >= 15 is 0 Å². The maximum absolute atomic E-state index is 10.7. The molecule has 6 nitrogen and oxygen atoms in total. The summed E-state index contributed by atoms with van der Waals surface area (Å²) in [6, 6.07) is 2.28. The maximum Gasteiger partial charge on any atom is 0.310 e. The number of nitrogens with one attached hydrogen (secondary N) is 2. The second-order valence-electron chi connectivity index (χ2n) is 3.81. The van der Waals surface area contributed by atoms with Crippen LogP contribution in [0, 0.1) is 10.1 Å². The van der Waals surface area contributed by atoms with Gasteiger partial charge < -0.3 is 10.6 Å². The lowest BCUT2D eigenvalue weighted by Crippen LogP contribution is -2.24. The second kappa shape index (κ2) is 4.89. The predicted octanol–water partition coefficient (Wildman–Crippen LogP) is 1.15. The van der Waals surface area contributed by atoms with Crippen LogP contribution in [-0.2, 0) is 0 Å². The van der Waals surface area contributed by atoms with E-state index < -0.39 is 4.92 Å². The summed E-state index contributed by atoms with van der Waals surface area (Å²) in [6.45, 7) is 1.51. The summed E-state index contributed by atoms with van der Waals surface area (Å²) in [5.41, 5.74) is 0.548. The Labute approximate surface area is 93.2 Å². The zero-order valence-corrected chi connectivity index (χ0v) is 8.85. The fraction of sp³-hybridized carbons (Fsp3) is 0.500. The first kappa shape index (κ1) is 10.8. The largest absolute Gasteiger partial charge is 0.378 e. The molecule has 86 valence electrons. The number of hydrogen-bond acceptors (Lipinski definition) is 5. The van der Waals surface area contributed by atoms with Crippen molar-refractivity contribution in [3.05, 3.63) is 28.6 Å². The van der Waals surface area contributed by atoms with Crippen molar-refractivity contribution < 1.29 is 4.92 Å². The van der Waals surface area contributed by atoms with Crippen LogP contribution in [0.4, 0.5) is 11.4 Å². The SMILES string of the molecule is O=[N+]([O-])c1cnccc1NCCNC1CC1. The van der Waals surface area contributed by atoms with Crippen molar-refractivity contribution in [2.24, 2.45) is 0 Å². The van der Waals surface area contributed by atoms with Gasteiger partial charge in [-0.2, -0.15) is 0 Å². The van der Waals surface area contributed by atoms with Crippen molar-refractivity contribution in [1.82, 2.24) is 10.3 Å². The minimum absolute atomic E-state index is 0.0221. The molecule has 1 aromatic heterocycles. The normalized spacial score (nSPS) is 14.8. The van der Waals surface area contributed by atoms with Crippen LogP contribution in [0.5, 0.6) is 0 Å². The lowest BCUT2D eigenvalue weighted by atomic mass is 10.3. The first-order valence-electron chi connectivity index (χ1n) is 5.33. The van der Waals surface area contributed by atoms with Crippen LogP contribution in [0.15, 0.2) is 18.5 Å². The highest BCUT2D eigenvalue weighted by Gasteiger charge is 2.19. The van der Waals surface area contributed by atoms with E-state index in [-0.39, 0.29) is 5.69 Å². The Morgan fingerprint density at radius 1 is 1.50 bits per heavy atom. The molecule has 0 bridgehead atoms. The van der Waals surface area contributed by atoms with Crippen molar-refractivity contribution in [3.8, 4) is 0 Å². The van der Waals surface area contributed by atoms with Crippen molar-refractivity contribution >= 4 is 11.4 Å². The van der Waals surface area contributed by atoms with Gasteiger partial charge in [-0.1, -0.05) is 0 Å². The number of anilines is 1. The molecule has 0 saturated heterocycles. The van der Waals surface area contributed by atoms with E-state index in [0.29, 0.717) is 18.3 Å². The van der Waals surface area contributed by atoms with E-state index in [4.69, 9.17) is 0 Å². The summed E-state index contributed by atoms with van der Waals surface area (Å²) in [7, 11) is 0. The Hall–Kier alpha value is -1.69. The zero-order valence-electron chi connectivity index (χ0n) is 8.85.